The van der Waals surface area contributed by atoms with Gasteiger partial charge in [-0.2, -0.15) is 0 Å². The summed E-state index contributed by atoms with van der Waals surface area (Å²) in [5, 5.41) is 0. The maximum Gasteiger partial charge on any atom is 0.128 e. The topological polar surface area (TPSA) is 64.9 Å². The van der Waals surface area contributed by atoms with Gasteiger partial charge in [-0.25, -0.2) is 4.98 Å². The quantitative estimate of drug-likeness (QED) is 0.770. The largest absolute Gasteiger partial charge is 0.384 e. The molecule has 1 heterocycles. The molecule has 0 aliphatic rings. The van der Waals surface area contributed by atoms with Gasteiger partial charge in [0.15, 0.2) is 0 Å². The molecule has 0 spiro atoms. The van der Waals surface area contributed by atoms with Crippen molar-refractivity contribution in [1.82, 2.24) is 4.98 Å². The molecule has 0 amide bonds. The van der Waals surface area contributed by atoms with Crippen LogP contribution < -0.4 is 11.5 Å². The first-order chi connectivity index (χ1) is 6.59. The van der Waals surface area contributed by atoms with Gasteiger partial charge in [-0.05, 0) is 30.4 Å². The number of pyridine rings is 1. The Hall–Kier alpha value is -1.25. The van der Waals surface area contributed by atoms with E-state index in [-0.39, 0.29) is 0 Å². The average molecular weight is 193 g/mol. The number of aryl methyl sites for hydroxylation is 1. The maximum absolute atomic E-state index is 5.75. The Balaban J connectivity index is 2.51. The summed E-state index contributed by atoms with van der Waals surface area (Å²) in [7, 11) is 0. The van der Waals surface area contributed by atoms with Crippen LogP contribution in [0.4, 0.5) is 11.6 Å². The Bertz CT molecular complexity index is 295. The molecule has 0 bridgehead atoms. The van der Waals surface area contributed by atoms with Crippen molar-refractivity contribution < 1.29 is 0 Å². The second kappa shape index (κ2) is 4.84. The van der Waals surface area contributed by atoms with Crippen molar-refractivity contribution in [3.63, 3.8) is 0 Å². The van der Waals surface area contributed by atoms with Crippen molar-refractivity contribution in [2.45, 2.75) is 33.1 Å². The summed E-state index contributed by atoms with van der Waals surface area (Å²) in [4.78, 5) is 4.03. The first-order valence-corrected chi connectivity index (χ1v) is 5.10. The van der Waals surface area contributed by atoms with E-state index in [2.05, 4.69) is 18.8 Å². The van der Waals surface area contributed by atoms with Gasteiger partial charge in [-0.1, -0.05) is 26.3 Å². The van der Waals surface area contributed by atoms with Crippen molar-refractivity contribution in [3.05, 3.63) is 17.7 Å². The first kappa shape index (κ1) is 10.8. The van der Waals surface area contributed by atoms with Gasteiger partial charge in [-0.15, -0.1) is 0 Å². The van der Waals surface area contributed by atoms with E-state index >= 15 is 0 Å². The number of aromatic nitrogens is 1. The van der Waals surface area contributed by atoms with Gasteiger partial charge in [0.1, 0.15) is 11.6 Å². The Morgan fingerprint density at radius 2 is 2.00 bits per heavy atom. The molecule has 0 aliphatic carbocycles. The van der Waals surface area contributed by atoms with Crippen LogP contribution in [0.3, 0.4) is 0 Å². The Morgan fingerprint density at radius 3 is 2.57 bits per heavy atom. The molecule has 0 aromatic carbocycles. The molecule has 1 rings (SSSR count). The van der Waals surface area contributed by atoms with E-state index in [1.54, 1.807) is 6.07 Å². The minimum absolute atomic E-state index is 0.495. The molecule has 1 aromatic heterocycles. The molecule has 0 fully saturated rings. The molecule has 78 valence electrons. The lowest BCUT2D eigenvalue weighted by Crippen LogP contribution is -2.01. The van der Waals surface area contributed by atoms with E-state index in [1.807, 2.05) is 6.07 Å². The van der Waals surface area contributed by atoms with Crippen LogP contribution in [-0.2, 0) is 6.42 Å². The normalized spacial score (nSPS) is 10.8. The summed E-state index contributed by atoms with van der Waals surface area (Å²) in [6.07, 6.45) is 3.38. The van der Waals surface area contributed by atoms with Crippen molar-refractivity contribution >= 4 is 11.6 Å². The van der Waals surface area contributed by atoms with Crippen LogP contribution in [0, 0.1) is 5.92 Å². The van der Waals surface area contributed by atoms with Gasteiger partial charge in [0.25, 0.3) is 0 Å². The molecule has 0 radical (unpaired) electrons. The van der Waals surface area contributed by atoms with Gasteiger partial charge in [0.2, 0.25) is 0 Å². The zero-order valence-corrected chi connectivity index (χ0v) is 8.96. The zero-order chi connectivity index (χ0) is 10.6. The third-order valence-corrected chi connectivity index (χ3v) is 2.26. The molecule has 14 heavy (non-hydrogen) atoms. The minimum atomic E-state index is 0.495. The summed E-state index contributed by atoms with van der Waals surface area (Å²) in [6.45, 7) is 4.45. The fourth-order valence-electron chi connectivity index (χ4n) is 1.43. The molecule has 3 heteroatoms. The highest BCUT2D eigenvalue weighted by Crippen LogP contribution is 2.15. The lowest BCUT2D eigenvalue weighted by molar-refractivity contribution is 0.556. The monoisotopic (exact) mass is 193 g/mol. The van der Waals surface area contributed by atoms with Crippen LogP contribution in [0.2, 0.25) is 0 Å². The van der Waals surface area contributed by atoms with E-state index in [0.29, 0.717) is 11.6 Å². The van der Waals surface area contributed by atoms with Crippen LogP contribution in [-0.4, -0.2) is 4.98 Å². The Kier molecular flexibility index (Phi) is 3.74. The number of anilines is 2. The molecule has 0 saturated carbocycles. The van der Waals surface area contributed by atoms with Gasteiger partial charge < -0.3 is 11.5 Å². The minimum Gasteiger partial charge on any atom is -0.384 e. The summed E-state index contributed by atoms with van der Waals surface area (Å²) < 4.78 is 0. The summed E-state index contributed by atoms with van der Waals surface area (Å²) in [5.41, 5.74) is 12.4. The van der Waals surface area contributed by atoms with Gasteiger partial charge in [-0.3, -0.25) is 0 Å². The highest BCUT2D eigenvalue weighted by Gasteiger charge is 2.01. The van der Waals surface area contributed by atoms with Gasteiger partial charge in [0, 0.05) is 0 Å². The number of nitrogens with zero attached hydrogens (tertiary/aromatic N) is 1. The molecule has 0 aliphatic heterocycles. The molecule has 0 saturated heterocycles. The molecule has 0 unspecified atom stereocenters. The van der Waals surface area contributed by atoms with Crippen molar-refractivity contribution in [3.8, 4) is 0 Å². The van der Waals surface area contributed by atoms with Crippen molar-refractivity contribution in [1.29, 1.82) is 0 Å². The highest BCUT2D eigenvalue weighted by molar-refractivity contribution is 5.46. The van der Waals surface area contributed by atoms with E-state index < -0.39 is 0 Å². The molecule has 3 nitrogen and oxygen atoms in total. The number of hydrogen-bond donors (Lipinski definition) is 2. The summed E-state index contributed by atoms with van der Waals surface area (Å²) in [6, 6.07) is 3.78. The van der Waals surface area contributed by atoms with Gasteiger partial charge >= 0.3 is 0 Å². The lowest BCUT2D eigenvalue weighted by Gasteiger charge is -2.06. The van der Waals surface area contributed by atoms with E-state index in [0.717, 1.165) is 24.3 Å². The van der Waals surface area contributed by atoms with Gasteiger partial charge in [0.05, 0.1) is 0 Å². The number of rotatable bonds is 4. The van der Waals surface area contributed by atoms with Crippen LogP contribution in [0.5, 0.6) is 0 Å². The fourth-order valence-corrected chi connectivity index (χ4v) is 1.43. The molecular weight excluding hydrogens is 174 g/mol. The lowest BCUT2D eigenvalue weighted by atomic mass is 10.0. The fraction of sp³-hybridized carbons (Fsp3) is 0.545. The molecule has 1 aromatic rings. The number of hydrogen-bond acceptors (Lipinski definition) is 3. The third-order valence-electron chi connectivity index (χ3n) is 2.26. The molecule has 0 atom stereocenters. The standard InChI is InChI=1S/C11H19N3/c1-8(2)4-3-5-9-6-7-10(12)14-11(9)13/h6-8H,3-5H2,1-2H3,(H4,12,13,14). The average Bonchev–Trinajstić information content (AvgIpc) is 2.08. The van der Waals surface area contributed by atoms with Crippen LogP contribution >= 0.6 is 0 Å². The first-order valence-electron chi connectivity index (χ1n) is 5.10. The summed E-state index contributed by atoms with van der Waals surface area (Å²) in [5.74, 6) is 1.82. The van der Waals surface area contributed by atoms with Crippen molar-refractivity contribution in [2.24, 2.45) is 5.92 Å². The predicted molar refractivity (Wildman–Crippen MR) is 60.8 cm³/mol. The van der Waals surface area contributed by atoms with E-state index in [4.69, 9.17) is 11.5 Å². The molecular formula is C11H19N3. The Labute approximate surface area is 85.5 Å². The molecule has 4 N–H and O–H groups in total. The highest BCUT2D eigenvalue weighted by atomic mass is 14.9. The second-order valence-electron chi connectivity index (χ2n) is 4.07. The predicted octanol–water partition coefficient (Wildman–Crippen LogP) is 2.22. The maximum atomic E-state index is 5.75. The van der Waals surface area contributed by atoms with E-state index in [9.17, 15) is 0 Å². The zero-order valence-electron chi connectivity index (χ0n) is 8.96. The van der Waals surface area contributed by atoms with Crippen LogP contribution in [0.1, 0.15) is 32.3 Å². The van der Waals surface area contributed by atoms with E-state index in [1.165, 1.54) is 6.42 Å². The SMILES string of the molecule is CC(C)CCCc1ccc(N)nc1N. The second-order valence-corrected chi connectivity index (χ2v) is 4.07. The summed E-state index contributed by atoms with van der Waals surface area (Å²) >= 11 is 0. The van der Waals surface area contributed by atoms with Crippen LogP contribution in [0.15, 0.2) is 12.1 Å². The van der Waals surface area contributed by atoms with Crippen molar-refractivity contribution in [2.75, 3.05) is 11.5 Å². The van der Waals surface area contributed by atoms with Crippen LogP contribution in [0.25, 0.3) is 0 Å². The third kappa shape index (κ3) is 3.24. The number of nitrogens with two attached hydrogens (primary N) is 2. The number of nitrogen functional groups attached to an aromatic ring is 2. The smallest absolute Gasteiger partial charge is 0.128 e. The Morgan fingerprint density at radius 1 is 1.29 bits per heavy atom.